The number of halogens is 3. The second kappa shape index (κ2) is 12.3. The van der Waals surface area contributed by atoms with Crippen molar-refractivity contribution in [2.45, 2.75) is 31.5 Å². The molecule has 0 aliphatic carbocycles. The van der Waals surface area contributed by atoms with Crippen molar-refractivity contribution >= 4 is 51.8 Å². The predicted molar refractivity (Wildman–Crippen MR) is 183 cm³/mol. The molecule has 10 nitrogen and oxygen atoms in total. The molecule has 5 aromatic rings. The third kappa shape index (κ3) is 5.27. The maximum absolute atomic E-state index is 15.9. The Morgan fingerprint density at radius 2 is 1.76 bits per heavy atom. The molecule has 0 N–H and O–H groups in total. The fraction of sp³-hybridized carbons (Fsp3) is 0.278. The van der Waals surface area contributed by atoms with E-state index in [-0.39, 0.29) is 52.1 Å². The van der Waals surface area contributed by atoms with E-state index in [1.54, 1.807) is 47.4 Å². The molecule has 49 heavy (non-hydrogen) atoms. The zero-order chi connectivity index (χ0) is 34.0. The first-order chi connectivity index (χ1) is 23.7. The summed E-state index contributed by atoms with van der Waals surface area (Å²) in [7, 11) is 3.10. The topological polar surface area (TPSA) is 99.0 Å². The van der Waals surface area contributed by atoms with Crippen LogP contribution in [0.3, 0.4) is 0 Å². The first kappa shape index (κ1) is 31.6. The van der Waals surface area contributed by atoms with Gasteiger partial charge in [-0.25, -0.2) is 14.2 Å². The third-order valence-corrected chi connectivity index (χ3v) is 10.2. The zero-order valence-corrected chi connectivity index (χ0v) is 28.1. The quantitative estimate of drug-likeness (QED) is 0.183. The highest BCUT2D eigenvalue weighted by Crippen LogP contribution is 2.44. The molecule has 2 atom stereocenters. The Labute approximate surface area is 290 Å². The maximum atomic E-state index is 15.9. The summed E-state index contributed by atoms with van der Waals surface area (Å²) >= 11 is 13.5. The Hall–Kier alpha value is -4.71. The van der Waals surface area contributed by atoms with Crippen LogP contribution in [0.2, 0.25) is 10.0 Å². The third-order valence-electron chi connectivity index (χ3n) is 9.61. The molecule has 5 heterocycles. The van der Waals surface area contributed by atoms with E-state index in [4.69, 9.17) is 37.4 Å². The van der Waals surface area contributed by atoms with Crippen molar-refractivity contribution in [3.63, 3.8) is 0 Å². The number of carbonyl (C=O) groups is 2. The number of para-hydroxylation sites is 1. The van der Waals surface area contributed by atoms with E-state index in [9.17, 15) is 9.59 Å². The van der Waals surface area contributed by atoms with Crippen LogP contribution in [0.15, 0.2) is 60.9 Å². The van der Waals surface area contributed by atoms with Crippen molar-refractivity contribution in [3.8, 4) is 28.0 Å². The van der Waals surface area contributed by atoms with Crippen LogP contribution < -0.4 is 9.64 Å². The summed E-state index contributed by atoms with van der Waals surface area (Å²) in [6.07, 6.45) is 5.24. The number of aryl methyl sites for hydroxylation is 1. The molecule has 2 aromatic heterocycles. The fourth-order valence-electron chi connectivity index (χ4n) is 7.28. The molecule has 250 valence electrons. The number of nitrogens with zero attached hydrogens (tertiary/aromatic N) is 5. The number of ether oxygens (including phenoxy) is 3. The Kier molecular flexibility index (Phi) is 7.93. The Balaban J connectivity index is 1.11. The van der Waals surface area contributed by atoms with Gasteiger partial charge in [0.2, 0.25) is 0 Å². The monoisotopic (exact) mass is 701 g/mol. The van der Waals surface area contributed by atoms with Crippen LogP contribution in [-0.4, -0.2) is 70.7 Å². The Morgan fingerprint density at radius 3 is 2.49 bits per heavy atom. The number of rotatable bonds is 5. The van der Waals surface area contributed by atoms with E-state index in [0.717, 1.165) is 29.4 Å². The van der Waals surface area contributed by atoms with Gasteiger partial charge in [0.25, 0.3) is 5.91 Å². The molecule has 2 bridgehead atoms. The number of morpholine rings is 1. The van der Waals surface area contributed by atoms with Crippen LogP contribution in [0, 0.1) is 5.82 Å². The lowest BCUT2D eigenvalue weighted by Crippen LogP contribution is -2.46. The van der Waals surface area contributed by atoms with E-state index in [1.165, 1.54) is 18.1 Å². The lowest BCUT2D eigenvalue weighted by atomic mass is 9.96. The lowest BCUT2D eigenvalue weighted by molar-refractivity contribution is 0.0515. The number of benzene rings is 3. The van der Waals surface area contributed by atoms with Gasteiger partial charge in [0, 0.05) is 35.3 Å². The smallest absolute Gasteiger partial charge is 0.340 e. The number of aromatic nitrogens is 3. The molecule has 2 saturated heterocycles. The van der Waals surface area contributed by atoms with E-state index in [0.29, 0.717) is 41.4 Å². The van der Waals surface area contributed by atoms with Crippen molar-refractivity contribution in [1.82, 2.24) is 19.7 Å². The minimum absolute atomic E-state index is 0.0785. The molecule has 2 unspecified atom stereocenters. The molecule has 0 spiro atoms. The molecule has 1 amide bonds. The molecule has 3 aliphatic heterocycles. The highest BCUT2D eigenvalue weighted by atomic mass is 35.5. The number of anilines is 1. The average molecular weight is 703 g/mol. The summed E-state index contributed by atoms with van der Waals surface area (Å²) in [5.41, 5.74) is 4.66. The molecular weight excluding hydrogens is 672 g/mol. The normalized spacial score (nSPS) is 18.4. The minimum Gasteiger partial charge on any atom is -0.472 e. The highest BCUT2D eigenvalue weighted by Gasteiger charge is 2.40. The summed E-state index contributed by atoms with van der Waals surface area (Å²) in [6.45, 7) is 1.14. The van der Waals surface area contributed by atoms with Crippen LogP contribution >= 0.6 is 23.2 Å². The number of esters is 1. The van der Waals surface area contributed by atoms with Crippen molar-refractivity contribution in [1.29, 1.82) is 0 Å². The number of carbonyl (C=O) groups excluding carboxylic acids is 2. The van der Waals surface area contributed by atoms with Crippen LogP contribution in [0.25, 0.3) is 33.3 Å². The van der Waals surface area contributed by atoms with E-state index in [2.05, 4.69) is 15.0 Å². The first-order valence-corrected chi connectivity index (χ1v) is 16.6. The van der Waals surface area contributed by atoms with Gasteiger partial charge in [-0.2, -0.15) is 5.10 Å². The van der Waals surface area contributed by atoms with Crippen LogP contribution in [-0.2, 0) is 23.1 Å². The number of amides is 1. The van der Waals surface area contributed by atoms with Gasteiger partial charge in [0.15, 0.2) is 12.4 Å². The summed E-state index contributed by atoms with van der Waals surface area (Å²) in [4.78, 5) is 34.7. The predicted octanol–water partition coefficient (Wildman–Crippen LogP) is 6.89. The molecular formula is C36H30Cl2FN5O5. The zero-order valence-electron chi connectivity index (χ0n) is 26.6. The molecule has 3 aromatic carbocycles. The molecule has 2 fully saturated rings. The number of hydrogen-bond acceptors (Lipinski definition) is 8. The van der Waals surface area contributed by atoms with E-state index >= 15 is 4.39 Å². The second-order valence-corrected chi connectivity index (χ2v) is 13.2. The van der Waals surface area contributed by atoms with Crippen molar-refractivity contribution in [3.05, 3.63) is 93.5 Å². The lowest BCUT2D eigenvalue weighted by Gasteiger charge is -2.37. The van der Waals surface area contributed by atoms with Gasteiger partial charge in [0.05, 0.1) is 72.0 Å². The number of fused-ring (bicyclic) bond motifs is 4. The number of methoxy groups -OCH3 is 1. The van der Waals surface area contributed by atoms with Gasteiger partial charge in [0.1, 0.15) is 11.6 Å². The largest absolute Gasteiger partial charge is 0.472 e. The van der Waals surface area contributed by atoms with Gasteiger partial charge >= 0.3 is 5.97 Å². The second-order valence-electron chi connectivity index (χ2n) is 12.4. The van der Waals surface area contributed by atoms with Crippen LogP contribution in [0.4, 0.5) is 10.1 Å². The van der Waals surface area contributed by atoms with Crippen molar-refractivity contribution < 1.29 is 28.2 Å². The van der Waals surface area contributed by atoms with Gasteiger partial charge < -0.3 is 24.0 Å². The summed E-state index contributed by atoms with van der Waals surface area (Å²) in [6, 6.07) is 13.8. The van der Waals surface area contributed by atoms with E-state index in [1.807, 2.05) is 19.2 Å². The minimum atomic E-state index is -0.608. The average Bonchev–Trinajstić information content (AvgIpc) is 3.60. The van der Waals surface area contributed by atoms with Crippen LogP contribution in [0.1, 0.15) is 39.1 Å². The highest BCUT2D eigenvalue weighted by molar-refractivity contribution is 6.40. The number of pyridine rings is 1. The molecule has 0 saturated carbocycles. The van der Waals surface area contributed by atoms with Crippen molar-refractivity contribution in [2.24, 2.45) is 7.05 Å². The van der Waals surface area contributed by atoms with Crippen molar-refractivity contribution in [2.75, 3.05) is 32.0 Å². The summed E-state index contributed by atoms with van der Waals surface area (Å²) in [5, 5.41) is 5.51. The van der Waals surface area contributed by atoms with Gasteiger partial charge in [-0.05, 0) is 54.3 Å². The SMILES string of the molecule is COC(=O)c1cc(F)c(-c2cccc3c2OCN(C(=O)c2c(Cl)cc(-c4ccnc5c4cnn5C)cc2Cl)C3)cc1N1C2CCC1COC2. The van der Waals surface area contributed by atoms with Gasteiger partial charge in [-0.3, -0.25) is 9.48 Å². The molecule has 13 heteroatoms. The Morgan fingerprint density at radius 1 is 1.00 bits per heavy atom. The molecule has 3 aliphatic rings. The standard InChI is InChI=1S/C36H30Cl2FN5O5/c1-42-34-27(14-41-42)23(8-9-40-34)20-10-28(37)32(29(38)11-20)35(45)43-15-19-4-3-5-24(33(19)49-18-43)25-13-31(26(12-30(25)39)36(46)47-2)44-21-6-7-22(44)17-48-16-21/h3-5,8-14,21-22H,6-7,15-18H2,1-2H3. The Bertz CT molecular complexity index is 2130. The molecule has 8 rings (SSSR count). The maximum Gasteiger partial charge on any atom is 0.340 e. The molecule has 0 radical (unpaired) electrons. The summed E-state index contributed by atoms with van der Waals surface area (Å²) < 4.78 is 34.6. The van der Waals surface area contributed by atoms with Gasteiger partial charge in [-0.15, -0.1) is 0 Å². The first-order valence-electron chi connectivity index (χ1n) is 15.8. The van der Waals surface area contributed by atoms with E-state index < -0.39 is 17.7 Å². The fourth-order valence-corrected chi connectivity index (χ4v) is 7.93. The van der Waals surface area contributed by atoms with Crippen LogP contribution in [0.5, 0.6) is 5.75 Å². The summed E-state index contributed by atoms with van der Waals surface area (Å²) in [5.74, 6) is -1.14. The van der Waals surface area contributed by atoms with Gasteiger partial charge in [-0.1, -0.05) is 41.4 Å². The number of hydrogen-bond donors (Lipinski definition) is 0.